The third-order valence-corrected chi connectivity index (χ3v) is 5.11. The Kier molecular flexibility index (Phi) is 9.94. The molecule has 0 aliphatic carbocycles. The van der Waals surface area contributed by atoms with Gasteiger partial charge < -0.3 is 8.97 Å². The molecular formula is C32H47N3. The number of hydrogen-bond donors (Lipinski definition) is 0. The highest BCUT2D eigenvalue weighted by molar-refractivity contribution is 5.39. The normalized spacial score (nSPS) is 11.9. The molecule has 0 radical (unpaired) electrons. The number of fused-ring (bicyclic) bond motifs is 1. The second kappa shape index (κ2) is 12.2. The Balaban J connectivity index is 0.000000189. The highest BCUT2D eigenvalue weighted by atomic mass is 15.0. The van der Waals surface area contributed by atoms with Gasteiger partial charge in [-0.15, -0.1) is 0 Å². The minimum Gasteiger partial charge on any atom is -0.354 e. The molecular weight excluding hydrogens is 426 g/mol. The summed E-state index contributed by atoms with van der Waals surface area (Å²) in [5.41, 5.74) is 4.85. The highest BCUT2D eigenvalue weighted by Crippen LogP contribution is 2.21. The van der Waals surface area contributed by atoms with Crippen molar-refractivity contribution in [1.82, 2.24) is 14.0 Å². The fourth-order valence-electron chi connectivity index (χ4n) is 3.89. The van der Waals surface area contributed by atoms with Crippen molar-refractivity contribution in [2.24, 2.45) is 16.2 Å². The zero-order valence-electron chi connectivity index (χ0n) is 23.5. The maximum Gasteiger partial charge on any atom is 0.136 e. The van der Waals surface area contributed by atoms with Crippen LogP contribution in [0.3, 0.4) is 0 Å². The van der Waals surface area contributed by atoms with Crippen molar-refractivity contribution >= 4 is 5.65 Å². The smallest absolute Gasteiger partial charge is 0.136 e. The van der Waals surface area contributed by atoms with Crippen molar-refractivity contribution < 1.29 is 0 Å². The number of aromatic nitrogens is 3. The molecule has 0 aliphatic heterocycles. The van der Waals surface area contributed by atoms with Gasteiger partial charge in [0.25, 0.3) is 0 Å². The van der Waals surface area contributed by atoms with E-state index in [1.807, 2.05) is 24.4 Å². The van der Waals surface area contributed by atoms with E-state index < -0.39 is 0 Å². The van der Waals surface area contributed by atoms with Gasteiger partial charge in [-0.3, -0.25) is 0 Å². The molecule has 0 fully saturated rings. The fraction of sp³-hybridized carbons (Fsp3) is 0.469. The largest absolute Gasteiger partial charge is 0.354 e. The lowest BCUT2D eigenvalue weighted by molar-refractivity contribution is 0.344. The van der Waals surface area contributed by atoms with Gasteiger partial charge in [0.1, 0.15) is 5.65 Å². The molecule has 3 heteroatoms. The zero-order chi connectivity index (χ0) is 26.1. The predicted molar refractivity (Wildman–Crippen MR) is 152 cm³/mol. The van der Waals surface area contributed by atoms with E-state index in [0.29, 0.717) is 16.2 Å². The van der Waals surface area contributed by atoms with Crippen LogP contribution in [0.1, 0.15) is 73.6 Å². The Labute approximate surface area is 214 Å². The lowest BCUT2D eigenvalue weighted by Crippen LogP contribution is -2.13. The molecule has 0 unspecified atom stereocenters. The van der Waals surface area contributed by atoms with Gasteiger partial charge >= 0.3 is 0 Å². The van der Waals surface area contributed by atoms with Gasteiger partial charge in [0.15, 0.2) is 0 Å². The van der Waals surface area contributed by atoms with E-state index in [0.717, 1.165) is 25.0 Å². The maximum absolute atomic E-state index is 4.37. The summed E-state index contributed by atoms with van der Waals surface area (Å²) in [7, 11) is 0. The van der Waals surface area contributed by atoms with Crippen molar-refractivity contribution in [3.8, 4) is 0 Å². The van der Waals surface area contributed by atoms with Crippen molar-refractivity contribution in [3.63, 3.8) is 0 Å². The van der Waals surface area contributed by atoms with Gasteiger partial charge in [-0.1, -0.05) is 98.7 Å². The van der Waals surface area contributed by atoms with Gasteiger partial charge in [0, 0.05) is 37.0 Å². The monoisotopic (exact) mass is 473 g/mol. The highest BCUT2D eigenvalue weighted by Gasteiger charge is 2.14. The summed E-state index contributed by atoms with van der Waals surface area (Å²) >= 11 is 0. The Morgan fingerprint density at radius 1 is 0.600 bits per heavy atom. The van der Waals surface area contributed by atoms with Gasteiger partial charge in [-0.05, 0) is 58.9 Å². The van der Waals surface area contributed by atoms with Crippen LogP contribution < -0.4 is 0 Å². The van der Waals surface area contributed by atoms with Gasteiger partial charge in [0.05, 0.1) is 0 Å². The van der Waals surface area contributed by atoms with Crippen LogP contribution in [0.15, 0.2) is 85.5 Å². The summed E-state index contributed by atoms with van der Waals surface area (Å²) in [5.74, 6) is 0. The molecule has 1 aromatic carbocycles. The third kappa shape index (κ3) is 11.9. The molecule has 4 rings (SSSR count). The number of pyridine rings is 1. The topological polar surface area (TPSA) is 22.2 Å². The predicted octanol–water partition coefficient (Wildman–Crippen LogP) is 8.73. The van der Waals surface area contributed by atoms with Crippen LogP contribution in [0.5, 0.6) is 0 Å². The van der Waals surface area contributed by atoms with E-state index in [2.05, 4.69) is 137 Å². The van der Waals surface area contributed by atoms with Crippen molar-refractivity contribution in [3.05, 3.63) is 96.7 Å². The Bertz CT molecular complexity index is 1100. The molecule has 0 spiro atoms. The summed E-state index contributed by atoms with van der Waals surface area (Å²) in [6, 6.07) is 20.8. The second-order valence-corrected chi connectivity index (χ2v) is 13.1. The quantitative estimate of drug-likeness (QED) is 0.291. The van der Waals surface area contributed by atoms with E-state index in [4.69, 9.17) is 0 Å². The summed E-state index contributed by atoms with van der Waals surface area (Å²) in [4.78, 5) is 4.37. The molecule has 4 aromatic rings. The first-order chi connectivity index (χ1) is 16.2. The number of nitrogens with zero attached hydrogens (tertiary/aromatic N) is 3. The van der Waals surface area contributed by atoms with Crippen LogP contribution in [0.25, 0.3) is 5.65 Å². The second-order valence-electron chi connectivity index (χ2n) is 13.1. The molecule has 3 nitrogen and oxygen atoms in total. The van der Waals surface area contributed by atoms with Crippen LogP contribution in [0.4, 0.5) is 0 Å². The van der Waals surface area contributed by atoms with Gasteiger partial charge in [0.2, 0.25) is 0 Å². The van der Waals surface area contributed by atoms with Crippen molar-refractivity contribution in [2.75, 3.05) is 0 Å². The van der Waals surface area contributed by atoms with Crippen LogP contribution in [-0.2, 0) is 19.4 Å². The number of benzene rings is 1. The van der Waals surface area contributed by atoms with Crippen LogP contribution in [0, 0.1) is 16.2 Å². The average molecular weight is 474 g/mol. The molecule has 35 heavy (non-hydrogen) atoms. The molecule has 0 bridgehead atoms. The van der Waals surface area contributed by atoms with Crippen LogP contribution >= 0.6 is 0 Å². The standard InChI is InChI=1S/C12H16N2.C11H16.C9H15N/c1-12(2,3)8-10-9-13-11-6-4-5-7-14(10)11;1-11(2,3)9-10-7-5-4-6-8-10;1-9(2,3)8-10-6-4-5-7-10/h4-7,9H,8H2,1-3H3;4-8H,9H2,1-3H3;4-7H,8H2,1-3H3. The molecule has 0 atom stereocenters. The molecule has 3 heterocycles. The maximum atomic E-state index is 4.37. The molecule has 3 aromatic heterocycles. The minimum absolute atomic E-state index is 0.311. The first-order valence-electron chi connectivity index (χ1n) is 12.8. The minimum atomic E-state index is 0.311. The molecule has 0 saturated carbocycles. The first-order valence-corrected chi connectivity index (χ1v) is 12.8. The molecule has 190 valence electrons. The van der Waals surface area contributed by atoms with Crippen LogP contribution in [-0.4, -0.2) is 14.0 Å². The number of imidazole rings is 1. The molecule has 0 aliphatic rings. The Morgan fingerprint density at radius 2 is 1.14 bits per heavy atom. The zero-order valence-corrected chi connectivity index (χ0v) is 23.5. The molecule has 0 amide bonds. The van der Waals surface area contributed by atoms with Crippen molar-refractivity contribution in [1.29, 1.82) is 0 Å². The summed E-state index contributed by atoms with van der Waals surface area (Å²) in [5, 5.41) is 0. The first kappa shape index (κ1) is 28.4. The van der Waals surface area contributed by atoms with E-state index in [1.54, 1.807) is 0 Å². The Morgan fingerprint density at radius 3 is 1.69 bits per heavy atom. The fourth-order valence-corrected chi connectivity index (χ4v) is 3.89. The lowest BCUT2D eigenvalue weighted by Gasteiger charge is -2.18. The summed E-state index contributed by atoms with van der Waals surface area (Å²) < 4.78 is 4.37. The SMILES string of the molecule is CC(C)(C)Cc1ccccc1.CC(C)(C)Cc1cnc2ccccn12.CC(C)(C)Cn1cccc1. The average Bonchev–Trinajstić information content (AvgIpc) is 3.36. The molecule has 0 N–H and O–H groups in total. The summed E-state index contributed by atoms with van der Waals surface area (Å²) in [6.45, 7) is 21.4. The number of rotatable bonds is 3. The van der Waals surface area contributed by atoms with E-state index in [-0.39, 0.29) is 0 Å². The van der Waals surface area contributed by atoms with Gasteiger partial charge in [-0.25, -0.2) is 4.98 Å². The van der Waals surface area contributed by atoms with E-state index in [9.17, 15) is 0 Å². The van der Waals surface area contributed by atoms with Gasteiger partial charge in [-0.2, -0.15) is 0 Å². The Hall–Kier alpha value is -2.81. The van der Waals surface area contributed by atoms with E-state index in [1.165, 1.54) is 11.3 Å². The van der Waals surface area contributed by atoms with Crippen molar-refractivity contribution in [2.45, 2.75) is 81.7 Å². The van der Waals surface area contributed by atoms with Crippen LogP contribution in [0.2, 0.25) is 0 Å². The number of hydrogen-bond acceptors (Lipinski definition) is 1. The third-order valence-electron chi connectivity index (χ3n) is 5.11. The summed E-state index contributed by atoms with van der Waals surface area (Å²) in [6.07, 6.45) is 10.5. The molecule has 0 saturated heterocycles. The van der Waals surface area contributed by atoms with E-state index >= 15 is 0 Å². The lowest BCUT2D eigenvalue weighted by atomic mass is 9.88.